The molecule has 0 aliphatic carbocycles. The van der Waals surface area contributed by atoms with Crippen molar-refractivity contribution in [3.63, 3.8) is 0 Å². The molecule has 1 heterocycles. The van der Waals surface area contributed by atoms with Crippen molar-refractivity contribution in [3.05, 3.63) is 50.6 Å². The smallest absolute Gasteiger partial charge is 0.137 e. The number of nitrogens with two attached hydrogens (primary N) is 1. The summed E-state index contributed by atoms with van der Waals surface area (Å²) >= 11 is 4.68. The van der Waals surface area contributed by atoms with Crippen molar-refractivity contribution >= 4 is 27.3 Å². The van der Waals surface area contributed by atoms with Gasteiger partial charge in [0.1, 0.15) is 5.82 Å². The second-order valence-electron chi connectivity index (χ2n) is 3.47. The summed E-state index contributed by atoms with van der Waals surface area (Å²) in [4.78, 5) is 4.16. The molecule has 1 aromatic carbocycles. The Labute approximate surface area is 105 Å². The van der Waals surface area contributed by atoms with E-state index in [0.29, 0.717) is 10.9 Å². The molecule has 0 spiro atoms. The third-order valence-electron chi connectivity index (χ3n) is 2.27. The van der Waals surface area contributed by atoms with Crippen LogP contribution in [0.25, 0.3) is 0 Å². The van der Waals surface area contributed by atoms with Gasteiger partial charge in [-0.3, -0.25) is 0 Å². The highest BCUT2D eigenvalue weighted by molar-refractivity contribution is 9.10. The van der Waals surface area contributed by atoms with E-state index < -0.39 is 0 Å². The Morgan fingerprint density at radius 3 is 2.94 bits per heavy atom. The SMILES string of the molecule is NC(Cc1ccc(F)c(Br)c1)c1cscn1. The predicted molar refractivity (Wildman–Crippen MR) is 66.8 cm³/mol. The van der Waals surface area contributed by atoms with Crippen LogP contribution in [0.15, 0.2) is 33.6 Å². The second-order valence-corrected chi connectivity index (χ2v) is 5.05. The minimum absolute atomic E-state index is 0.136. The maximum atomic E-state index is 13.0. The first-order chi connectivity index (χ1) is 7.66. The van der Waals surface area contributed by atoms with Crippen LogP contribution in [-0.2, 0) is 6.42 Å². The van der Waals surface area contributed by atoms with Crippen LogP contribution in [0, 0.1) is 5.82 Å². The van der Waals surface area contributed by atoms with Crippen LogP contribution in [0.5, 0.6) is 0 Å². The van der Waals surface area contributed by atoms with Crippen LogP contribution in [-0.4, -0.2) is 4.98 Å². The fourth-order valence-corrected chi connectivity index (χ4v) is 2.47. The quantitative estimate of drug-likeness (QED) is 0.945. The molecule has 0 saturated carbocycles. The van der Waals surface area contributed by atoms with Gasteiger partial charge in [0.2, 0.25) is 0 Å². The number of aromatic nitrogens is 1. The Hall–Kier alpha value is -0.780. The highest BCUT2D eigenvalue weighted by atomic mass is 79.9. The number of benzene rings is 1. The Balaban J connectivity index is 2.12. The standard InChI is InChI=1S/C11H10BrFN2S/c12-8-3-7(1-2-9(8)13)4-10(14)11-5-16-6-15-11/h1-3,5-6,10H,4,14H2. The molecule has 1 unspecified atom stereocenters. The van der Waals surface area contributed by atoms with E-state index in [1.165, 1.54) is 17.4 Å². The van der Waals surface area contributed by atoms with Gasteiger partial charge in [0, 0.05) is 5.38 Å². The number of hydrogen-bond donors (Lipinski definition) is 1. The number of hydrogen-bond acceptors (Lipinski definition) is 3. The van der Waals surface area contributed by atoms with Gasteiger partial charge >= 0.3 is 0 Å². The third kappa shape index (κ3) is 2.66. The fraction of sp³-hybridized carbons (Fsp3) is 0.182. The van der Waals surface area contributed by atoms with Crippen molar-refractivity contribution in [3.8, 4) is 0 Å². The molecule has 2 rings (SSSR count). The van der Waals surface area contributed by atoms with Gasteiger partial charge in [-0.25, -0.2) is 9.37 Å². The van der Waals surface area contributed by atoms with Gasteiger partial charge in [-0.2, -0.15) is 0 Å². The molecule has 5 heteroatoms. The summed E-state index contributed by atoms with van der Waals surface area (Å²) in [7, 11) is 0. The monoisotopic (exact) mass is 300 g/mol. The lowest BCUT2D eigenvalue weighted by Gasteiger charge is -2.09. The minimum atomic E-state index is -0.258. The van der Waals surface area contributed by atoms with E-state index in [1.807, 2.05) is 5.38 Å². The number of halogens is 2. The fourth-order valence-electron chi connectivity index (χ4n) is 1.43. The normalized spacial score (nSPS) is 12.7. The van der Waals surface area contributed by atoms with Crippen LogP contribution >= 0.6 is 27.3 Å². The van der Waals surface area contributed by atoms with Gasteiger partial charge in [-0.05, 0) is 40.0 Å². The zero-order valence-electron chi connectivity index (χ0n) is 8.36. The van der Waals surface area contributed by atoms with E-state index in [0.717, 1.165) is 11.3 Å². The number of rotatable bonds is 3. The molecular weight excluding hydrogens is 291 g/mol. The molecule has 84 valence electrons. The van der Waals surface area contributed by atoms with Gasteiger partial charge in [0.05, 0.1) is 21.7 Å². The minimum Gasteiger partial charge on any atom is -0.322 e. The van der Waals surface area contributed by atoms with Gasteiger partial charge in [0.15, 0.2) is 0 Å². The molecule has 0 bridgehead atoms. The molecule has 2 aromatic rings. The van der Waals surface area contributed by atoms with Crippen LogP contribution in [0.2, 0.25) is 0 Å². The van der Waals surface area contributed by atoms with Crippen LogP contribution < -0.4 is 5.73 Å². The van der Waals surface area contributed by atoms with Crippen molar-refractivity contribution < 1.29 is 4.39 Å². The Morgan fingerprint density at radius 2 is 2.31 bits per heavy atom. The molecule has 0 aliphatic rings. The summed E-state index contributed by atoms with van der Waals surface area (Å²) in [5, 5.41) is 1.93. The van der Waals surface area contributed by atoms with E-state index in [2.05, 4.69) is 20.9 Å². The summed E-state index contributed by atoms with van der Waals surface area (Å²) < 4.78 is 13.5. The molecule has 0 saturated heterocycles. The highest BCUT2D eigenvalue weighted by Gasteiger charge is 2.10. The van der Waals surface area contributed by atoms with E-state index in [1.54, 1.807) is 17.6 Å². The van der Waals surface area contributed by atoms with Crippen LogP contribution in [0.4, 0.5) is 4.39 Å². The number of thiazole rings is 1. The summed E-state index contributed by atoms with van der Waals surface area (Å²) in [5.74, 6) is -0.258. The lowest BCUT2D eigenvalue weighted by atomic mass is 10.0. The first-order valence-corrected chi connectivity index (χ1v) is 6.48. The molecule has 0 aliphatic heterocycles. The summed E-state index contributed by atoms with van der Waals surface area (Å²) in [5.41, 5.74) is 9.63. The molecule has 0 fully saturated rings. The Kier molecular flexibility index (Phi) is 3.68. The van der Waals surface area contributed by atoms with Crippen LogP contribution in [0.1, 0.15) is 17.3 Å². The molecule has 2 N–H and O–H groups in total. The molecular formula is C11H10BrFN2S. The third-order valence-corrected chi connectivity index (χ3v) is 3.48. The van der Waals surface area contributed by atoms with Crippen molar-refractivity contribution in [2.45, 2.75) is 12.5 Å². The molecule has 1 aromatic heterocycles. The highest BCUT2D eigenvalue weighted by Crippen LogP contribution is 2.21. The van der Waals surface area contributed by atoms with E-state index in [-0.39, 0.29) is 11.9 Å². The largest absolute Gasteiger partial charge is 0.322 e. The Bertz CT molecular complexity index is 473. The first-order valence-electron chi connectivity index (χ1n) is 4.74. The molecule has 2 nitrogen and oxygen atoms in total. The van der Waals surface area contributed by atoms with Crippen molar-refractivity contribution in [1.82, 2.24) is 4.98 Å². The van der Waals surface area contributed by atoms with Crippen molar-refractivity contribution in [2.75, 3.05) is 0 Å². The summed E-state index contributed by atoms with van der Waals surface area (Å²) in [6.07, 6.45) is 0.655. The van der Waals surface area contributed by atoms with E-state index in [4.69, 9.17) is 5.73 Å². The molecule has 16 heavy (non-hydrogen) atoms. The predicted octanol–water partition coefficient (Wildman–Crippen LogP) is 3.29. The summed E-state index contributed by atoms with van der Waals surface area (Å²) in [6, 6.07) is 4.80. The Morgan fingerprint density at radius 1 is 1.50 bits per heavy atom. The van der Waals surface area contributed by atoms with E-state index >= 15 is 0 Å². The average Bonchev–Trinajstić information content (AvgIpc) is 2.77. The lowest BCUT2D eigenvalue weighted by molar-refractivity contribution is 0.618. The zero-order chi connectivity index (χ0) is 11.5. The van der Waals surface area contributed by atoms with Gasteiger partial charge in [-0.15, -0.1) is 11.3 Å². The molecule has 0 radical (unpaired) electrons. The van der Waals surface area contributed by atoms with Crippen molar-refractivity contribution in [1.29, 1.82) is 0 Å². The van der Waals surface area contributed by atoms with Gasteiger partial charge in [0.25, 0.3) is 0 Å². The zero-order valence-corrected chi connectivity index (χ0v) is 10.8. The molecule has 0 amide bonds. The summed E-state index contributed by atoms with van der Waals surface area (Å²) in [6.45, 7) is 0. The van der Waals surface area contributed by atoms with Crippen molar-refractivity contribution in [2.24, 2.45) is 5.73 Å². The van der Waals surface area contributed by atoms with E-state index in [9.17, 15) is 4.39 Å². The first kappa shape index (κ1) is 11.7. The van der Waals surface area contributed by atoms with Gasteiger partial charge < -0.3 is 5.73 Å². The molecule has 1 atom stereocenters. The average molecular weight is 301 g/mol. The lowest BCUT2D eigenvalue weighted by Crippen LogP contribution is -2.13. The topological polar surface area (TPSA) is 38.9 Å². The maximum Gasteiger partial charge on any atom is 0.137 e. The second kappa shape index (κ2) is 5.03. The maximum absolute atomic E-state index is 13.0. The van der Waals surface area contributed by atoms with Gasteiger partial charge in [-0.1, -0.05) is 6.07 Å². The van der Waals surface area contributed by atoms with Crippen LogP contribution in [0.3, 0.4) is 0 Å². The number of nitrogens with zero attached hydrogens (tertiary/aromatic N) is 1.